The highest BCUT2D eigenvalue weighted by Gasteiger charge is 2.43. The van der Waals surface area contributed by atoms with Gasteiger partial charge in [-0.1, -0.05) is 30.3 Å². The van der Waals surface area contributed by atoms with E-state index in [1.165, 1.54) is 0 Å². The van der Waals surface area contributed by atoms with Crippen molar-refractivity contribution < 1.29 is 34.7 Å². The van der Waals surface area contributed by atoms with Crippen LogP contribution in [0, 0.1) is 0 Å². The first-order chi connectivity index (χ1) is 11.0. The third kappa shape index (κ3) is 4.98. The van der Waals surface area contributed by atoms with Gasteiger partial charge >= 0.3 is 5.97 Å². The zero-order valence-corrected chi connectivity index (χ0v) is 12.6. The van der Waals surface area contributed by atoms with Gasteiger partial charge in [-0.3, -0.25) is 4.79 Å². The maximum atomic E-state index is 11.7. The van der Waals surface area contributed by atoms with E-state index in [0.717, 1.165) is 12.0 Å². The second-order valence-electron chi connectivity index (χ2n) is 5.56. The van der Waals surface area contributed by atoms with E-state index < -0.39 is 36.7 Å². The highest BCUT2D eigenvalue weighted by Crippen LogP contribution is 2.20. The Morgan fingerprint density at radius 3 is 2.43 bits per heavy atom. The monoisotopic (exact) mass is 326 g/mol. The van der Waals surface area contributed by atoms with Gasteiger partial charge in [-0.2, -0.15) is 0 Å². The summed E-state index contributed by atoms with van der Waals surface area (Å²) in [6.45, 7) is -0.299. The number of hydrogen-bond donors (Lipinski definition) is 4. The zero-order valence-electron chi connectivity index (χ0n) is 12.6. The molecule has 5 atom stereocenters. The largest absolute Gasteiger partial charge is 0.463 e. The number of aliphatic hydroxyl groups is 4. The Morgan fingerprint density at radius 1 is 1.04 bits per heavy atom. The fourth-order valence-corrected chi connectivity index (χ4v) is 2.40. The SMILES string of the molecule is O=C(CCCc1ccccc1)OC[C@H]1O[C@@H](O)[C@H](O)[C@@H](O)[C@@H]1O. The number of hydrogen-bond acceptors (Lipinski definition) is 7. The molecule has 128 valence electrons. The van der Waals surface area contributed by atoms with Gasteiger partial charge in [0, 0.05) is 6.42 Å². The first kappa shape index (κ1) is 17.8. The van der Waals surface area contributed by atoms with E-state index in [1.807, 2.05) is 30.3 Å². The molecule has 23 heavy (non-hydrogen) atoms. The second-order valence-corrected chi connectivity index (χ2v) is 5.56. The normalized spacial score (nSPS) is 30.9. The predicted octanol–water partition coefficient (Wildman–Crippen LogP) is -0.648. The Balaban J connectivity index is 1.69. The van der Waals surface area contributed by atoms with Crippen LogP contribution in [0.25, 0.3) is 0 Å². The first-order valence-electron chi connectivity index (χ1n) is 7.56. The van der Waals surface area contributed by atoms with Crippen LogP contribution in [-0.2, 0) is 20.7 Å². The smallest absolute Gasteiger partial charge is 0.305 e. The molecule has 1 aromatic rings. The number of carbonyl (C=O) groups excluding carboxylic acids is 1. The lowest BCUT2D eigenvalue weighted by molar-refractivity contribution is -0.287. The van der Waals surface area contributed by atoms with Gasteiger partial charge in [-0.15, -0.1) is 0 Å². The van der Waals surface area contributed by atoms with Crippen LogP contribution in [0.4, 0.5) is 0 Å². The molecule has 0 unspecified atom stereocenters. The number of carbonyl (C=O) groups is 1. The van der Waals surface area contributed by atoms with E-state index in [4.69, 9.17) is 9.47 Å². The van der Waals surface area contributed by atoms with Gasteiger partial charge in [0.25, 0.3) is 0 Å². The molecule has 2 rings (SSSR count). The standard InChI is InChI=1S/C16H22O7/c17-12(8-4-7-10-5-2-1-3-6-10)22-9-11-13(18)14(19)15(20)16(21)23-11/h1-3,5-6,11,13-16,18-21H,4,7-9H2/t11-,13-,14+,15-,16-/m1/s1. The van der Waals surface area contributed by atoms with Crippen LogP contribution in [-0.4, -0.2) is 63.7 Å². The average molecular weight is 326 g/mol. The highest BCUT2D eigenvalue weighted by molar-refractivity contribution is 5.69. The van der Waals surface area contributed by atoms with Gasteiger partial charge in [0.05, 0.1) is 0 Å². The molecule has 1 aromatic carbocycles. The summed E-state index contributed by atoms with van der Waals surface area (Å²) in [5.41, 5.74) is 1.13. The molecular formula is C16H22O7. The van der Waals surface area contributed by atoms with Crippen molar-refractivity contribution in [3.05, 3.63) is 35.9 Å². The van der Waals surface area contributed by atoms with Gasteiger partial charge in [-0.25, -0.2) is 0 Å². The van der Waals surface area contributed by atoms with E-state index >= 15 is 0 Å². The quantitative estimate of drug-likeness (QED) is 0.513. The summed E-state index contributed by atoms with van der Waals surface area (Å²) in [7, 11) is 0. The summed E-state index contributed by atoms with van der Waals surface area (Å²) in [4.78, 5) is 11.7. The van der Waals surface area contributed by atoms with Crippen LogP contribution < -0.4 is 0 Å². The van der Waals surface area contributed by atoms with Crippen molar-refractivity contribution in [3.63, 3.8) is 0 Å². The van der Waals surface area contributed by atoms with E-state index in [-0.39, 0.29) is 13.0 Å². The molecule has 1 heterocycles. The minimum Gasteiger partial charge on any atom is -0.463 e. The third-order valence-corrected chi connectivity index (χ3v) is 3.78. The molecule has 4 N–H and O–H groups in total. The third-order valence-electron chi connectivity index (χ3n) is 3.78. The van der Waals surface area contributed by atoms with Crippen LogP contribution in [0.3, 0.4) is 0 Å². The van der Waals surface area contributed by atoms with Crippen LogP contribution in [0.2, 0.25) is 0 Å². The molecule has 1 aliphatic heterocycles. The molecular weight excluding hydrogens is 304 g/mol. The topological polar surface area (TPSA) is 116 Å². The van der Waals surface area contributed by atoms with Crippen molar-refractivity contribution in [1.29, 1.82) is 0 Å². The van der Waals surface area contributed by atoms with Crippen LogP contribution in [0.5, 0.6) is 0 Å². The molecule has 1 fully saturated rings. The van der Waals surface area contributed by atoms with Gasteiger partial charge in [0.15, 0.2) is 6.29 Å². The van der Waals surface area contributed by atoms with Crippen molar-refractivity contribution in [3.8, 4) is 0 Å². The molecule has 0 saturated carbocycles. The van der Waals surface area contributed by atoms with Crippen molar-refractivity contribution in [2.24, 2.45) is 0 Å². The molecule has 0 aromatic heterocycles. The molecule has 1 aliphatic rings. The maximum absolute atomic E-state index is 11.7. The number of rotatable bonds is 6. The summed E-state index contributed by atoms with van der Waals surface area (Å²) in [6, 6.07) is 9.74. The van der Waals surface area contributed by atoms with Crippen molar-refractivity contribution in [1.82, 2.24) is 0 Å². The van der Waals surface area contributed by atoms with Crippen molar-refractivity contribution in [2.75, 3.05) is 6.61 Å². The van der Waals surface area contributed by atoms with E-state index in [1.54, 1.807) is 0 Å². The summed E-state index contributed by atoms with van der Waals surface area (Å²) < 4.78 is 9.92. The maximum Gasteiger partial charge on any atom is 0.305 e. The Kier molecular flexibility index (Phi) is 6.49. The zero-order chi connectivity index (χ0) is 16.8. The summed E-state index contributed by atoms with van der Waals surface area (Å²) in [5, 5.41) is 38.0. The molecule has 0 aliphatic carbocycles. The summed E-state index contributed by atoms with van der Waals surface area (Å²) in [5.74, 6) is -0.452. The fourth-order valence-electron chi connectivity index (χ4n) is 2.40. The van der Waals surface area contributed by atoms with E-state index in [2.05, 4.69) is 0 Å². The fraction of sp³-hybridized carbons (Fsp3) is 0.562. The van der Waals surface area contributed by atoms with Crippen LogP contribution in [0.1, 0.15) is 18.4 Å². The van der Waals surface area contributed by atoms with E-state index in [0.29, 0.717) is 6.42 Å². The van der Waals surface area contributed by atoms with Gasteiger partial charge in [0.2, 0.25) is 0 Å². The number of aliphatic hydroxyl groups excluding tert-OH is 4. The van der Waals surface area contributed by atoms with Crippen LogP contribution >= 0.6 is 0 Å². The number of esters is 1. The molecule has 0 bridgehead atoms. The van der Waals surface area contributed by atoms with Crippen molar-refractivity contribution in [2.45, 2.75) is 50.0 Å². The Morgan fingerprint density at radius 2 is 1.74 bits per heavy atom. The molecule has 7 heteroatoms. The summed E-state index contributed by atoms with van der Waals surface area (Å²) >= 11 is 0. The van der Waals surface area contributed by atoms with Crippen LogP contribution in [0.15, 0.2) is 30.3 Å². The van der Waals surface area contributed by atoms with E-state index in [9.17, 15) is 25.2 Å². The molecule has 0 amide bonds. The Bertz CT molecular complexity index is 492. The number of aryl methyl sites for hydroxylation is 1. The minimum atomic E-state index is -1.63. The Hall–Kier alpha value is -1.51. The molecule has 7 nitrogen and oxygen atoms in total. The predicted molar refractivity (Wildman–Crippen MR) is 79.2 cm³/mol. The lowest BCUT2D eigenvalue weighted by atomic mass is 9.99. The van der Waals surface area contributed by atoms with Gasteiger partial charge in [0.1, 0.15) is 31.0 Å². The number of ether oxygens (including phenoxy) is 2. The van der Waals surface area contributed by atoms with Gasteiger partial charge in [-0.05, 0) is 18.4 Å². The Labute approximate surface area is 134 Å². The lowest BCUT2D eigenvalue weighted by Crippen LogP contribution is -2.58. The highest BCUT2D eigenvalue weighted by atomic mass is 16.6. The van der Waals surface area contributed by atoms with Crippen molar-refractivity contribution >= 4 is 5.97 Å². The second kappa shape index (κ2) is 8.37. The first-order valence-corrected chi connectivity index (χ1v) is 7.56. The summed E-state index contributed by atoms with van der Waals surface area (Å²) in [6.07, 6.45) is -5.71. The number of benzene rings is 1. The van der Waals surface area contributed by atoms with Gasteiger partial charge < -0.3 is 29.9 Å². The molecule has 1 saturated heterocycles. The molecule has 0 spiro atoms. The minimum absolute atomic E-state index is 0.214. The lowest BCUT2D eigenvalue weighted by Gasteiger charge is -2.37. The molecule has 0 radical (unpaired) electrons. The average Bonchev–Trinajstić information content (AvgIpc) is 2.56.